The van der Waals surface area contributed by atoms with Crippen LogP contribution >= 0.6 is 11.3 Å². The third kappa shape index (κ3) is 5.53. The van der Waals surface area contributed by atoms with E-state index in [-0.39, 0.29) is 32.9 Å². The van der Waals surface area contributed by atoms with E-state index in [0.29, 0.717) is 13.1 Å². The van der Waals surface area contributed by atoms with Gasteiger partial charge in [0.25, 0.3) is 11.8 Å². The molecule has 3 rings (SSSR count). The van der Waals surface area contributed by atoms with Gasteiger partial charge in [-0.2, -0.15) is 4.31 Å². The maximum atomic E-state index is 12.9. The number of rotatable bonds is 7. The van der Waals surface area contributed by atoms with Gasteiger partial charge in [0.15, 0.2) is 6.61 Å². The highest BCUT2D eigenvalue weighted by Crippen LogP contribution is 2.27. The van der Waals surface area contributed by atoms with Crippen molar-refractivity contribution < 1.29 is 27.5 Å². The quantitative estimate of drug-likeness (QED) is 0.585. The molecule has 1 aromatic heterocycles. The molecule has 9 nitrogen and oxygen atoms in total. The molecular formula is C21H25N3O6S2. The van der Waals surface area contributed by atoms with Gasteiger partial charge in [0.05, 0.1) is 16.0 Å². The molecule has 0 saturated carbocycles. The molecule has 1 aromatic carbocycles. The van der Waals surface area contributed by atoms with E-state index in [0.717, 1.165) is 17.8 Å². The van der Waals surface area contributed by atoms with Crippen molar-refractivity contribution in [2.45, 2.75) is 25.2 Å². The number of carbonyl (C=O) groups excluding carboxylic acids is 3. The largest absolute Gasteiger partial charge is 0.452 e. The monoisotopic (exact) mass is 479 g/mol. The van der Waals surface area contributed by atoms with Crippen LogP contribution < -0.4 is 11.1 Å². The smallest absolute Gasteiger partial charge is 0.338 e. The Labute approximate surface area is 190 Å². The molecule has 11 heteroatoms. The molecule has 0 aliphatic carbocycles. The minimum atomic E-state index is -3.66. The van der Waals surface area contributed by atoms with Gasteiger partial charge in [-0.25, -0.2) is 13.2 Å². The van der Waals surface area contributed by atoms with Crippen LogP contribution in [-0.2, 0) is 19.6 Å². The van der Waals surface area contributed by atoms with Gasteiger partial charge in [0.1, 0.15) is 5.00 Å². The Morgan fingerprint density at radius 1 is 1.12 bits per heavy atom. The molecule has 0 spiro atoms. The number of hydrogen-bond acceptors (Lipinski definition) is 7. The molecule has 2 unspecified atom stereocenters. The van der Waals surface area contributed by atoms with Crippen molar-refractivity contribution in [3.05, 3.63) is 46.8 Å². The van der Waals surface area contributed by atoms with E-state index in [1.165, 1.54) is 34.6 Å². The first-order valence-corrected chi connectivity index (χ1v) is 12.3. The van der Waals surface area contributed by atoms with Crippen LogP contribution in [0.3, 0.4) is 0 Å². The van der Waals surface area contributed by atoms with Crippen molar-refractivity contribution in [3.8, 4) is 0 Å². The normalized spacial score (nSPS) is 19.3. The molecule has 172 valence electrons. The van der Waals surface area contributed by atoms with Gasteiger partial charge >= 0.3 is 5.97 Å². The summed E-state index contributed by atoms with van der Waals surface area (Å²) in [5.41, 5.74) is 5.51. The Balaban J connectivity index is 1.59. The Hall–Kier alpha value is -2.76. The number of nitrogens with two attached hydrogens (primary N) is 1. The van der Waals surface area contributed by atoms with E-state index in [4.69, 9.17) is 10.5 Å². The molecule has 1 saturated heterocycles. The van der Waals surface area contributed by atoms with Crippen LogP contribution in [0, 0.1) is 11.8 Å². The maximum Gasteiger partial charge on any atom is 0.338 e. The number of carbonyl (C=O) groups is 3. The van der Waals surface area contributed by atoms with Gasteiger partial charge in [-0.1, -0.05) is 13.8 Å². The standard InChI is InChI=1S/C21H25N3O6S2/c1-13-9-14(2)11-24(10-13)32(28,29)16-5-3-15(4-6-16)21(27)30-12-18(25)23-20-17(19(22)26)7-8-31-20/h3-8,13-14H,9-12H2,1-2H3,(H2,22,26)(H,23,25). The molecule has 2 aromatic rings. The highest BCUT2D eigenvalue weighted by Gasteiger charge is 2.31. The van der Waals surface area contributed by atoms with Crippen LogP contribution in [0.5, 0.6) is 0 Å². The first kappa shape index (κ1) is 23.9. The van der Waals surface area contributed by atoms with Gasteiger partial charge in [0, 0.05) is 13.1 Å². The van der Waals surface area contributed by atoms with Crippen LogP contribution in [0.2, 0.25) is 0 Å². The van der Waals surface area contributed by atoms with Crippen LogP contribution in [0.25, 0.3) is 0 Å². The van der Waals surface area contributed by atoms with E-state index in [1.54, 1.807) is 5.38 Å². The molecule has 2 amide bonds. The third-order valence-electron chi connectivity index (χ3n) is 5.08. The van der Waals surface area contributed by atoms with Crippen LogP contribution in [-0.4, -0.2) is 50.2 Å². The number of hydrogen-bond donors (Lipinski definition) is 2. The van der Waals surface area contributed by atoms with Gasteiger partial charge < -0.3 is 15.8 Å². The Bertz CT molecular complexity index is 1100. The molecule has 2 atom stereocenters. The molecule has 1 fully saturated rings. The first-order chi connectivity index (χ1) is 15.1. The molecule has 32 heavy (non-hydrogen) atoms. The predicted molar refractivity (Wildman–Crippen MR) is 120 cm³/mol. The Kier molecular flexibility index (Phi) is 7.32. The second-order valence-corrected chi connectivity index (χ2v) is 10.8. The lowest BCUT2D eigenvalue weighted by molar-refractivity contribution is -0.119. The van der Waals surface area contributed by atoms with E-state index in [2.05, 4.69) is 5.32 Å². The van der Waals surface area contributed by atoms with Crippen molar-refractivity contribution in [1.82, 2.24) is 4.31 Å². The summed E-state index contributed by atoms with van der Waals surface area (Å²) in [4.78, 5) is 35.7. The lowest BCUT2D eigenvalue weighted by Gasteiger charge is -2.34. The zero-order valence-corrected chi connectivity index (χ0v) is 19.4. The molecule has 0 radical (unpaired) electrons. The minimum Gasteiger partial charge on any atom is -0.452 e. The molecule has 1 aliphatic heterocycles. The maximum absolute atomic E-state index is 12.9. The lowest BCUT2D eigenvalue weighted by Crippen LogP contribution is -2.42. The zero-order chi connectivity index (χ0) is 23.5. The fourth-order valence-corrected chi connectivity index (χ4v) is 6.18. The highest BCUT2D eigenvalue weighted by molar-refractivity contribution is 7.89. The summed E-state index contributed by atoms with van der Waals surface area (Å²) < 4.78 is 32.3. The van der Waals surface area contributed by atoms with E-state index >= 15 is 0 Å². The van der Waals surface area contributed by atoms with Crippen LogP contribution in [0.4, 0.5) is 5.00 Å². The summed E-state index contributed by atoms with van der Waals surface area (Å²) in [5, 5.41) is 4.34. The van der Waals surface area contributed by atoms with Crippen molar-refractivity contribution >= 4 is 44.1 Å². The summed E-state index contributed by atoms with van der Waals surface area (Å²) in [7, 11) is -3.66. The highest BCUT2D eigenvalue weighted by atomic mass is 32.2. The number of amides is 2. The van der Waals surface area contributed by atoms with Crippen molar-refractivity contribution in [3.63, 3.8) is 0 Å². The van der Waals surface area contributed by atoms with Crippen molar-refractivity contribution in [2.24, 2.45) is 17.6 Å². The van der Waals surface area contributed by atoms with E-state index in [1.807, 2.05) is 13.8 Å². The summed E-state index contributed by atoms with van der Waals surface area (Å²) in [5.74, 6) is -1.52. The topological polar surface area (TPSA) is 136 Å². The van der Waals surface area contributed by atoms with Gasteiger partial charge in [-0.15, -0.1) is 11.3 Å². The van der Waals surface area contributed by atoms with E-state index in [9.17, 15) is 22.8 Å². The molecule has 3 N–H and O–H groups in total. The number of ether oxygens (including phenoxy) is 1. The summed E-state index contributed by atoms with van der Waals surface area (Å²) in [6.07, 6.45) is 0.987. The second-order valence-electron chi connectivity index (χ2n) is 7.94. The third-order valence-corrected chi connectivity index (χ3v) is 7.76. The zero-order valence-electron chi connectivity index (χ0n) is 17.7. The number of esters is 1. The van der Waals surface area contributed by atoms with Crippen molar-refractivity contribution in [1.29, 1.82) is 0 Å². The Morgan fingerprint density at radius 2 is 1.75 bits per heavy atom. The molecule has 1 aliphatic rings. The minimum absolute atomic E-state index is 0.102. The SMILES string of the molecule is CC1CC(C)CN(S(=O)(=O)c2ccc(C(=O)OCC(=O)Nc3sccc3C(N)=O)cc2)C1. The average Bonchev–Trinajstić information content (AvgIpc) is 3.19. The fraction of sp³-hybridized carbons (Fsp3) is 0.381. The van der Waals surface area contributed by atoms with Crippen molar-refractivity contribution in [2.75, 3.05) is 25.0 Å². The number of nitrogens with zero attached hydrogens (tertiary/aromatic N) is 1. The number of thiophene rings is 1. The molecule has 0 bridgehead atoms. The number of primary amides is 1. The summed E-state index contributed by atoms with van der Waals surface area (Å²) >= 11 is 1.12. The summed E-state index contributed by atoms with van der Waals surface area (Å²) in [6.45, 7) is 4.42. The molecular weight excluding hydrogens is 454 g/mol. The number of nitrogens with one attached hydrogen (secondary N) is 1. The predicted octanol–water partition coefficient (Wildman–Crippen LogP) is 2.31. The lowest BCUT2D eigenvalue weighted by atomic mass is 9.94. The Morgan fingerprint density at radius 3 is 2.34 bits per heavy atom. The first-order valence-electron chi connectivity index (χ1n) is 10.0. The summed E-state index contributed by atoms with van der Waals surface area (Å²) in [6, 6.07) is 6.92. The molecule has 2 heterocycles. The van der Waals surface area contributed by atoms with Crippen LogP contribution in [0.1, 0.15) is 41.0 Å². The van der Waals surface area contributed by atoms with Gasteiger partial charge in [-0.3, -0.25) is 9.59 Å². The number of anilines is 1. The number of sulfonamides is 1. The van der Waals surface area contributed by atoms with Crippen LogP contribution in [0.15, 0.2) is 40.6 Å². The number of benzene rings is 1. The fourth-order valence-electron chi connectivity index (χ4n) is 3.69. The second kappa shape index (κ2) is 9.80. The van der Waals surface area contributed by atoms with Gasteiger partial charge in [-0.05, 0) is 54.0 Å². The number of piperidine rings is 1. The van der Waals surface area contributed by atoms with Gasteiger partial charge in [0.2, 0.25) is 10.0 Å². The average molecular weight is 480 g/mol. The van der Waals surface area contributed by atoms with E-state index < -0.39 is 34.4 Å².